The second kappa shape index (κ2) is 6.34. The molecule has 0 aliphatic heterocycles. The molecule has 1 aromatic rings. The number of hydrogen-bond acceptors (Lipinski definition) is 3. The van der Waals surface area contributed by atoms with Gasteiger partial charge in [0.05, 0.1) is 18.3 Å². The number of likely N-dealkylation sites (N-methyl/N-ethyl adjacent to an activating group) is 1. The van der Waals surface area contributed by atoms with Gasteiger partial charge in [-0.1, -0.05) is 6.92 Å². The van der Waals surface area contributed by atoms with Gasteiger partial charge in [0.25, 0.3) is 0 Å². The lowest BCUT2D eigenvalue weighted by Crippen LogP contribution is -2.35. The van der Waals surface area contributed by atoms with Crippen LogP contribution in [0.5, 0.6) is 0 Å². The van der Waals surface area contributed by atoms with Crippen LogP contribution in [0.1, 0.15) is 45.2 Å². The molecule has 0 radical (unpaired) electrons. The zero-order valence-corrected chi connectivity index (χ0v) is 11.7. The Hall–Kier alpha value is -0.870. The molecule has 102 valence electrons. The van der Waals surface area contributed by atoms with Gasteiger partial charge in [-0.05, 0) is 39.2 Å². The Labute approximate surface area is 110 Å². The zero-order valence-electron chi connectivity index (χ0n) is 11.7. The average molecular weight is 251 g/mol. The largest absolute Gasteiger partial charge is 0.376 e. The van der Waals surface area contributed by atoms with Crippen molar-refractivity contribution in [1.29, 1.82) is 0 Å². The second-order valence-corrected chi connectivity index (χ2v) is 4.92. The number of aromatic nitrogens is 2. The summed E-state index contributed by atoms with van der Waals surface area (Å²) in [4.78, 5) is 0. The van der Waals surface area contributed by atoms with E-state index >= 15 is 0 Å². The van der Waals surface area contributed by atoms with E-state index < -0.39 is 0 Å². The zero-order chi connectivity index (χ0) is 13.0. The first-order valence-corrected chi connectivity index (χ1v) is 7.17. The number of rotatable bonds is 8. The van der Waals surface area contributed by atoms with Crippen LogP contribution < -0.4 is 5.32 Å². The van der Waals surface area contributed by atoms with Crippen LogP contribution in [-0.4, -0.2) is 29.0 Å². The minimum atomic E-state index is 0.280. The molecule has 1 fully saturated rings. The van der Waals surface area contributed by atoms with E-state index in [2.05, 4.69) is 37.4 Å². The number of hydrogen-bond donors (Lipinski definition) is 1. The van der Waals surface area contributed by atoms with Gasteiger partial charge in [-0.15, -0.1) is 0 Å². The maximum Gasteiger partial charge on any atom is 0.0798 e. The molecule has 2 rings (SSSR count). The van der Waals surface area contributed by atoms with Gasteiger partial charge in [-0.2, -0.15) is 5.10 Å². The topological polar surface area (TPSA) is 39.1 Å². The summed E-state index contributed by atoms with van der Waals surface area (Å²) in [5, 5.41) is 7.95. The van der Waals surface area contributed by atoms with Crippen molar-refractivity contribution in [2.75, 3.05) is 13.2 Å². The summed E-state index contributed by atoms with van der Waals surface area (Å²) in [6.45, 7) is 8.99. The number of nitrogens with zero attached hydrogens (tertiary/aromatic N) is 2. The van der Waals surface area contributed by atoms with Crippen molar-refractivity contribution < 1.29 is 4.74 Å². The first kappa shape index (κ1) is 13.6. The van der Waals surface area contributed by atoms with Crippen LogP contribution in [-0.2, 0) is 11.3 Å². The fraction of sp³-hybridized carbons (Fsp3) is 0.786. The third-order valence-electron chi connectivity index (χ3n) is 3.53. The van der Waals surface area contributed by atoms with Gasteiger partial charge >= 0.3 is 0 Å². The Kier molecular flexibility index (Phi) is 4.78. The summed E-state index contributed by atoms with van der Waals surface area (Å²) in [7, 11) is 0. The van der Waals surface area contributed by atoms with Crippen molar-refractivity contribution in [1.82, 2.24) is 15.1 Å². The van der Waals surface area contributed by atoms with E-state index in [1.165, 1.54) is 18.4 Å². The van der Waals surface area contributed by atoms with Crippen LogP contribution in [0, 0.1) is 5.92 Å². The van der Waals surface area contributed by atoms with Gasteiger partial charge in [0, 0.05) is 24.9 Å². The van der Waals surface area contributed by atoms with Gasteiger partial charge in [0.1, 0.15) is 0 Å². The monoisotopic (exact) mass is 251 g/mol. The average Bonchev–Trinajstić information content (AvgIpc) is 3.11. The molecule has 0 spiro atoms. The Morgan fingerprint density at radius 2 is 2.22 bits per heavy atom. The molecule has 1 aromatic heterocycles. The van der Waals surface area contributed by atoms with E-state index in [9.17, 15) is 0 Å². The molecule has 2 unspecified atom stereocenters. The van der Waals surface area contributed by atoms with E-state index in [1.807, 2.05) is 10.9 Å². The number of ether oxygens (including phenoxy) is 1. The van der Waals surface area contributed by atoms with E-state index in [0.717, 1.165) is 25.6 Å². The molecule has 0 bridgehead atoms. The lowest BCUT2D eigenvalue weighted by atomic mass is 10.0. The lowest BCUT2D eigenvalue weighted by molar-refractivity contribution is 0.0189. The third kappa shape index (κ3) is 3.12. The summed E-state index contributed by atoms with van der Waals surface area (Å²) >= 11 is 0. The Morgan fingerprint density at radius 3 is 2.72 bits per heavy atom. The molecular weight excluding hydrogens is 226 g/mol. The standard InChI is InChI=1S/C14H25N3O/c1-4-15-13(12-9-16-17(5-2)10-12)14(18-6-3)11-7-8-11/h9-11,13-15H,4-8H2,1-3H3. The molecular formula is C14H25N3O. The Bertz CT molecular complexity index is 360. The molecule has 1 aliphatic carbocycles. The third-order valence-corrected chi connectivity index (χ3v) is 3.53. The Morgan fingerprint density at radius 1 is 1.44 bits per heavy atom. The molecule has 1 aliphatic rings. The molecule has 1 heterocycles. The van der Waals surface area contributed by atoms with E-state index in [-0.39, 0.29) is 6.04 Å². The van der Waals surface area contributed by atoms with Crippen molar-refractivity contribution in [3.63, 3.8) is 0 Å². The second-order valence-electron chi connectivity index (χ2n) is 4.92. The normalized spacial score (nSPS) is 18.8. The minimum absolute atomic E-state index is 0.280. The smallest absolute Gasteiger partial charge is 0.0798 e. The van der Waals surface area contributed by atoms with Crippen LogP contribution in [0.4, 0.5) is 0 Å². The quantitative estimate of drug-likeness (QED) is 0.771. The van der Waals surface area contributed by atoms with Gasteiger partial charge < -0.3 is 10.1 Å². The first-order chi connectivity index (χ1) is 8.80. The van der Waals surface area contributed by atoms with Crippen LogP contribution in [0.15, 0.2) is 12.4 Å². The first-order valence-electron chi connectivity index (χ1n) is 7.17. The molecule has 4 heteroatoms. The van der Waals surface area contributed by atoms with Crippen molar-refractivity contribution in [2.24, 2.45) is 5.92 Å². The number of aryl methyl sites for hydroxylation is 1. The van der Waals surface area contributed by atoms with Crippen molar-refractivity contribution in [3.05, 3.63) is 18.0 Å². The van der Waals surface area contributed by atoms with Crippen molar-refractivity contribution in [3.8, 4) is 0 Å². The van der Waals surface area contributed by atoms with Crippen LogP contribution in [0.2, 0.25) is 0 Å². The molecule has 4 nitrogen and oxygen atoms in total. The summed E-state index contributed by atoms with van der Waals surface area (Å²) in [6, 6.07) is 0.280. The maximum absolute atomic E-state index is 5.98. The van der Waals surface area contributed by atoms with Gasteiger partial charge in [0.15, 0.2) is 0 Å². The predicted octanol–water partition coefficient (Wildman–Crippen LogP) is 2.37. The summed E-state index contributed by atoms with van der Waals surface area (Å²) in [6.07, 6.45) is 7.01. The highest BCUT2D eigenvalue weighted by molar-refractivity contribution is 5.14. The Balaban J connectivity index is 2.14. The van der Waals surface area contributed by atoms with Crippen molar-refractivity contribution in [2.45, 2.75) is 52.3 Å². The highest BCUT2D eigenvalue weighted by atomic mass is 16.5. The maximum atomic E-state index is 5.98. The molecule has 18 heavy (non-hydrogen) atoms. The molecule has 1 saturated carbocycles. The minimum Gasteiger partial charge on any atom is -0.376 e. The summed E-state index contributed by atoms with van der Waals surface area (Å²) < 4.78 is 7.96. The van der Waals surface area contributed by atoms with Crippen LogP contribution in [0.3, 0.4) is 0 Å². The van der Waals surface area contributed by atoms with E-state index in [0.29, 0.717) is 6.10 Å². The van der Waals surface area contributed by atoms with Gasteiger partial charge in [-0.25, -0.2) is 0 Å². The molecule has 2 atom stereocenters. The number of nitrogens with one attached hydrogen (secondary N) is 1. The molecule has 1 N–H and O–H groups in total. The highest BCUT2D eigenvalue weighted by Crippen LogP contribution is 2.40. The van der Waals surface area contributed by atoms with E-state index in [4.69, 9.17) is 4.74 Å². The fourth-order valence-corrected chi connectivity index (χ4v) is 2.48. The summed E-state index contributed by atoms with van der Waals surface area (Å²) in [5.41, 5.74) is 1.25. The van der Waals surface area contributed by atoms with E-state index in [1.54, 1.807) is 0 Å². The predicted molar refractivity (Wildman–Crippen MR) is 72.5 cm³/mol. The highest BCUT2D eigenvalue weighted by Gasteiger charge is 2.38. The van der Waals surface area contributed by atoms with Gasteiger partial charge in [-0.3, -0.25) is 4.68 Å². The molecule has 0 aromatic carbocycles. The van der Waals surface area contributed by atoms with Gasteiger partial charge in [0.2, 0.25) is 0 Å². The SMILES string of the molecule is CCNC(c1cnn(CC)c1)C(OCC)C1CC1. The summed E-state index contributed by atoms with van der Waals surface area (Å²) in [5.74, 6) is 0.721. The fourth-order valence-electron chi connectivity index (χ4n) is 2.48. The van der Waals surface area contributed by atoms with Crippen LogP contribution in [0.25, 0.3) is 0 Å². The van der Waals surface area contributed by atoms with Crippen LogP contribution >= 0.6 is 0 Å². The van der Waals surface area contributed by atoms with Crippen molar-refractivity contribution >= 4 is 0 Å². The lowest BCUT2D eigenvalue weighted by Gasteiger charge is -2.27. The molecule has 0 amide bonds. The molecule has 0 saturated heterocycles.